The van der Waals surface area contributed by atoms with Gasteiger partial charge < -0.3 is 5.32 Å². The summed E-state index contributed by atoms with van der Waals surface area (Å²) in [4.78, 5) is 12.7. The molecule has 156 valence electrons. The molecule has 0 saturated carbocycles. The molecule has 2 aromatic carbocycles. The van der Waals surface area contributed by atoms with Crippen molar-refractivity contribution in [3.8, 4) is 5.69 Å². The minimum Gasteiger partial charge on any atom is -0.345 e. The standard InChI is InChI=1S/C20H21N5O3S2/c26-19(15-8-10-17(11-9-15)30(27,28)24-12-4-5-13-24)21-14-18-22-23-20(29)25(18)16-6-2-1-3-7-16/h1-3,6-11H,4-5,12-14H2,(H,21,26)(H,23,29). The van der Waals surface area contributed by atoms with Gasteiger partial charge in [-0.1, -0.05) is 18.2 Å². The first kappa shape index (κ1) is 20.5. The summed E-state index contributed by atoms with van der Waals surface area (Å²) in [5, 5.41) is 9.74. The molecule has 1 fully saturated rings. The highest BCUT2D eigenvalue weighted by molar-refractivity contribution is 7.89. The summed E-state index contributed by atoms with van der Waals surface area (Å²) < 4.78 is 28.9. The van der Waals surface area contributed by atoms with Crippen LogP contribution in [0.25, 0.3) is 5.69 Å². The number of benzene rings is 2. The molecule has 10 heteroatoms. The van der Waals surface area contributed by atoms with Gasteiger partial charge in [0.1, 0.15) is 0 Å². The lowest BCUT2D eigenvalue weighted by Crippen LogP contribution is -2.28. The van der Waals surface area contributed by atoms with Crippen molar-refractivity contribution < 1.29 is 13.2 Å². The van der Waals surface area contributed by atoms with Crippen LogP contribution in [-0.2, 0) is 16.6 Å². The van der Waals surface area contributed by atoms with Gasteiger partial charge in [0.2, 0.25) is 10.0 Å². The Labute approximate surface area is 179 Å². The number of aromatic nitrogens is 3. The minimum atomic E-state index is -3.50. The summed E-state index contributed by atoms with van der Waals surface area (Å²) in [6, 6.07) is 15.5. The fraction of sp³-hybridized carbons (Fsp3) is 0.250. The van der Waals surface area contributed by atoms with E-state index in [0.29, 0.717) is 29.2 Å². The Morgan fingerprint density at radius 2 is 1.73 bits per heavy atom. The fourth-order valence-corrected chi connectivity index (χ4v) is 5.18. The maximum absolute atomic E-state index is 12.6. The van der Waals surface area contributed by atoms with Crippen molar-refractivity contribution in [1.29, 1.82) is 0 Å². The van der Waals surface area contributed by atoms with Gasteiger partial charge in [0, 0.05) is 24.3 Å². The zero-order valence-electron chi connectivity index (χ0n) is 16.1. The van der Waals surface area contributed by atoms with Crippen LogP contribution in [0.5, 0.6) is 0 Å². The SMILES string of the molecule is O=C(NCc1n[nH]c(=S)n1-c1ccccc1)c1ccc(S(=O)(=O)N2CCCC2)cc1. The zero-order valence-corrected chi connectivity index (χ0v) is 17.7. The van der Waals surface area contributed by atoms with E-state index in [2.05, 4.69) is 15.5 Å². The average Bonchev–Trinajstić information content (AvgIpc) is 3.43. The first-order valence-corrected chi connectivity index (χ1v) is 11.4. The summed E-state index contributed by atoms with van der Waals surface area (Å²) in [6.45, 7) is 1.25. The molecule has 1 aliphatic heterocycles. The molecule has 2 heterocycles. The molecule has 2 N–H and O–H groups in total. The van der Waals surface area contributed by atoms with E-state index in [0.717, 1.165) is 18.5 Å². The lowest BCUT2D eigenvalue weighted by atomic mass is 10.2. The summed E-state index contributed by atoms with van der Waals surface area (Å²) in [6.07, 6.45) is 1.75. The predicted octanol–water partition coefficient (Wildman–Crippen LogP) is 2.64. The molecule has 1 aromatic heterocycles. The molecule has 0 unspecified atom stereocenters. The topological polar surface area (TPSA) is 100 Å². The van der Waals surface area contributed by atoms with Crippen LogP contribution in [0.4, 0.5) is 0 Å². The number of nitrogens with one attached hydrogen (secondary N) is 2. The van der Waals surface area contributed by atoms with Crippen LogP contribution in [0.1, 0.15) is 29.0 Å². The number of H-pyrrole nitrogens is 1. The average molecular weight is 444 g/mol. The van der Waals surface area contributed by atoms with Gasteiger partial charge in [-0.25, -0.2) is 8.42 Å². The molecular formula is C20H21N5O3S2. The predicted molar refractivity (Wildman–Crippen MR) is 114 cm³/mol. The first-order chi connectivity index (χ1) is 14.5. The number of rotatable bonds is 6. The number of para-hydroxylation sites is 1. The van der Waals surface area contributed by atoms with Crippen molar-refractivity contribution in [3.05, 3.63) is 70.8 Å². The second-order valence-electron chi connectivity index (χ2n) is 6.93. The Hall–Kier alpha value is -2.82. The summed E-state index contributed by atoms with van der Waals surface area (Å²) in [5.41, 5.74) is 1.22. The van der Waals surface area contributed by atoms with Crippen LogP contribution in [0.15, 0.2) is 59.5 Å². The first-order valence-electron chi connectivity index (χ1n) is 9.57. The number of hydrogen-bond donors (Lipinski definition) is 2. The molecular weight excluding hydrogens is 422 g/mol. The van der Waals surface area contributed by atoms with E-state index in [9.17, 15) is 13.2 Å². The Balaban J connectivity index is 1.46. The largest absolute Gasteiger partial charge is 0.345 e. The van der Waals surface area contributed by atoms with E-state index in [-0.39, 0.29) is 17.3 Å². The van der Waals surface area contributed by atoms with Crippen LogP contribution in [0.2, 0.25) is 0 Å². The van der Waals surface area contributed by atoms with Crippen molar-refractivity contribution in [3.63, 3.8) is 0 Å². The third-order valence-corrected chi connectivity index (χ3v) is 7.17. The van der Waals surface area contributed by atoms with E-state index in [1.807, 2.05) is 30.3 Å². The van der Waals surface area contributed by atoms with Gasteiger partial charge >= 0.3 is 0 Å². The van der Waals surface area contributed by atoms with E-state index in [4.69, 9.17) is 12.2 Å². The molecule has 30 heavy (non-hydrogen) atoms. The second kappa shape index (κ2) is 8.50. The van der Waals surface area contributed by atoms with Crippen molar-refractivity contribution in [1.82, 2.24) is 24.4 Å². The van der Waals surface area contributed by atoms with Crippen LogP contribution in [0, 0.1) is 4.77 Å². The quantitative estimate of drug-likeness (QED) is 0.571. The zero-order chi connectivity index (χ0) is 21.1. The maximum atomic E-state index is 12.6. The molecule has 0 spiro atoms. The van der Waals surface area contributed by atoms with Crippen LogP contribution < -0.4 is 5.32 Å². The molecule has 1 aliphatic rings. The third-order valence-electron chi connectivity index (χ3n) is 4.98. The molecule has 0 atom stereocenters. The maximum Gasteiger partial charge on any atom is 0.251 e. The molecule has 0 aliphatic carbocycles. The Bertz CT molecular complexity index is 1200. The fourth-order valence-electron chi connectivity index (χ4n) is 3.41. The Morgan fingerprint density at radius 1 is 1.07 bits per heavy atom. The lowest BCUT2D eigenvalue weighted by molar-refractivity contribution is 0.0949. The molecule has 0 radical (unpaired) electrons. The number of nitrogens with zero attached hydrogens (tertiary/aromatic N) is 3. The highest BCUT2D eigenvalue weighted by atomic mass is 32.2. The van der Waals surface area contributed by atoms with Crippen molar-refractivity contribution in [2.45, 2.75) is 24.3 Å². The minimum absolute atomic E-state index is 0.161. The van der Waals surface area contributed by atoms with Crippen molar-refractivity contribution in [2.75, 3.05) is 13.1 Å². The molecule has 8 nitrogen and oxygen atoms in total. The summed E-state index contributed by atoms with van der Waals surface area (Å²) in [5.74, 6) is 0.237. The van der Waals surface area contributed by atoms with E-state index in [1.165, 1.54) is 28.6 Å². The number of sulfonamides is 1. The third kappa shape index (κ3) is 4.07. The van der Waals surface area contributed by atoms with Crippen LogP contribution in [0.3, 0.4) is 0 Å². The van der Waals surface area contributed by atoms with Gasteiger partial charge in [0.05, 0.1) is 11.4 Å². The molecule has 0 bridgehead atoms. The van der Waals surface area contributed by atoms with Crippen molar-refractivity contribution >= 4 is 28.1 Å². The summed E-state index contributed by atoms with van der Waals surface area (Å²) in [7, 11) is -3.50. The number of aromatic amines is 1. The number of carbonyl (C=O) groups is 1. The molecule has 3 aromatic rings. The van der Waals surface area contributed by atoms with E-state index in [1.54, 1.807) is 4.57 Å². The highest BCUT2D eigenvalue weighted by Crippen LogP contribution is 2.21. The number of hydrogen-bond acceptors (Lipinski definition) is 5. The smallest absolute Gasteiger partial charge is 0.251 e. The van der Waals surface area contributed by atoms with Crippen molar-refractivity contribution in [2.24, 2.45) is 0 Å². The van der Waals surface area contributed by atoms with Crippen LogP contribution >= 0.6 is 12.2 Å². The molecule has 1 saturated heterocycles. The van der Waals surface area contributed by atoms with Gasteiger partial charge in [-0.2, -0.15) is 9.40 Å². The number of amides is 1. The van der Waals surface area contributed by atoms with Gasteiger partial charge in [-0.15, -0.1) is 0 Å². The van der Waals surface area contributed by atoms with Gasteiger partial charge in [0.25, 0.3) is 5.91 Å². The summed E-state index contributed by atoms with van der Waals surface area (Å²) >= 11 is 5.29. The van der Waals surface area contributed by atoms with E-state index < -0.39 is 10.0 Å². The Morgan fingerprint density at radius 3 is 2.40 bits per heavy atom. The molecule has 4 rings (SSSR count). The monoisotopic (exact) mass is 443 g/mol. The van der Waals surface area contributed by atoms with Gasteiger partial charge in [0.15, 0.2) is 10.6 Å². The second-order valence-corrected chi connectivity index (χ2v) is 9.26. The highest BCUT2D eigenvalue weighted by Gasteiger charge is 2.27. The van der Waals surface area contributed by atoms with Crippen LogP contribution in [-0.4, -0.2) is 46.5 Å². The molecule has 1 amide bonds. The normalized spacial score (nSPS) is 14.7. The van der Waals surface area contributed by atoms with E-state index >= 15 is 0 Å². The van der Waals surface area contributed by atoms with Gasteiger partial charge in [-0.3, -0.25) is 14.5 Å². The Kier molecular flexibility index (Phi) is 5.80. The number of carbonyl (C=O) groups excluding carboxylic acids is 1. The van der Waals surface area contributed by atoms with Gasteiger partial charge in [-0.05, 0) is 61.5 Å². The lowest BCUT2D eigenvalue weighted by Gasteiger charge is -2.15.